The first-order valence-corrected chi connectivity index (χ1v) is 5.43. The Hall–Kier alpha value is -1.42. The number of rotatable bonds is 5. The molecule has 1 aromatic carbocycles. The molecular weight excluding hydrogens is 207 g/mol. The standard InChI is InChI=1S/C12H17FN2O/c1-15(2)9-5-8-14-12(16)10-6-3-4-7-11(10)13/h3-4,6-7H,5,8-9H2,1-2H3,(H,14,16)/p+1. The quantitative estimate of drug-likeness (QED) is 0.684. The molecule has 0 bridgehead atoms. The van der Waals surface area contributed by atoms with Gasteiger partial charge in [-0.25, -0.2) is 4.39 Å². The Morgan fingerprint density at radius 2 is 2.06 bits per heavy atom. The molecule has 0 atom stereocenters. The summed E-state index contributed by atoms with van der Waals surface area (Å²) in [4.78, 5) is 12.9. The molecule has 1 amide bonds. The Balaban J connectivity index is 2.39. The van der Waals surface area contributed by atoms with Crippen LogP contribution in [0.1, 0.15) is 16.8 Å². The van der Waals surface area contributed by atoms with Crippen LogP contribution in [0.5, 0.6) is 0 Å². The summed E-state index contributed by atoms with van der Waals surface area (Å²) in [6, 6.07) is 6.00. The van der Waals surface area contributed by atoms with Crippen LogP contribution < -0.4 is 10.2 Å². The third-order valence-corrected chi connectivity index (χ3v) is 2.26. The van der Waals surface area contributed by atoms with Crippen LogP contribution in [0.15, 0.2) is 24.3 Å². The van der Waals surface area contributed by atoms with Crippen molar-refractivity contribution in [1.29, 1.82) is 0 Å². The summed E-state index contributed by atoms with van der Waals surface area (Å²) in [7, 11) is 4.11. The minimum absolute atomic E-state index is 0.111. The van der Waals surface area contributed by atoms with Gasteiger partial charge in [-0.05, 0) is 12.1 Å². The number of halogens is 1. The second-order valence-electron chi connectivity index (χ2n) is 4.05. The highest BCUT2D eigenvalue weighted by Crippen LogP contribution is 2.05. The summed E-state index contributed by atoms with van der Waals surface area (Å²) < 4.78 is 13.2. The van der Waals surface area contributed by atoms with E-state index in [1.54, 1.807) is 12.1 Å². The molecule has 0 spiro atoms. The largest absolute Gasteiger partial charge is 0.352 e. The second kappa shape index (κ2) is 6.23. The van der Waals surface area contributed by atoms with Crippen molar-refractivity contribution in [2.45, 2.75) is 6.42 Å². The minimum Gasteiger partial charge on any atom is -0.352 e. The average molecular weight is 225 g/mol. The third-order valence-electron chi connectivity index (χ3n) is 2.26. The smallest absolute Gasteiger partial charge is 0.254 e. The highest BCUT2D eigenvalue weighted by molar-refractivity contribution is 5.94. The monoisotopic (exact) mass is 225 g/mol. The van der Waals surface area contributed by atoms with Gasteiger partial charge in [-0.3, -0.25) is 4.79 Å². The first-order chi connectivity index (χ1) is 7.61. The Kier molecular flexibility index (Phi) is 4.92. The molecule has 0 saturated carbocycles. The van der Waals surface area contributed by atoms with E-state index in [9.17, 15) is 9.18 Å². The Bertz CT molecular complexity index is 353. The summed E-state index contributed by atoms with van der Waals surface area (Å²) in [5, 5.41) is 2.70. The fourth-order valence-corrected chi connectivity index (χ4v) is 1.38. The predicted molar refractivity (Wildman–Crippen MR) is 61.0 cm³/mol. The molecule has 1 rings (SSSR count). The van der Waals surface area contributed by atoms with E-state index in [1.807, 2.05) is 0 Å². The van der Waals surface area contributed by atoms with Crippen LogP contribution >= 0.6 is 0 Å². The lowest BCUT2D eigenvalue weighted by molar-refractivity contribution is -0.858. The number of hydrogen-bond acceptors (Lipinski definition) is 1. The van der Waals surface area contributed by atoms with Gasteiger partial charge in [0.15, 0.2) is 0 Å². The van der Waals surface area contributed by atoms with E-state index in [-0.39, 0.29) is 11.5 Å². The lowest BCUT2D eigenvalue weighted by Gasteiger charge is -2.08. The summed E-state index contributed by atoms with van der Waals surface area (Å²) in [5.74, 6) is -0.815. The highest BCUT2D eigenvalue weighted by atomic mass is 19.1. The van der Waals surface area contributed by atoms with Gasteiger partial charge >= 0.3 is 0 Å². The number of amides is 1. The number of benzene rings is 1. The highest BCUT2D eigenvalue weighted by Gasteiger charge is 2.09. The molecule has 3 nitrogen and oxygen atoms in total. The predicted octanol–water partition coefficient (Wildman–Crippen LogP) is 0.0901. The van der Waals surface area contributed by atoms with Crippen LogP contribution in [0.4, 0.5) is 4.39 Å². The van der Waals surface area contributed by atoms with Crippen molar-refractivity contribution in [3.63, 3.8) is 0 Å². The van der Waals surface area contributed by atoms with E-state index in [0.717, 1.165) is 13.0 Å². The molecular formula is C12H18FN2O+. The molecule has 2 N–H and O–H groups in total. The normalized spacial score (nSPS) is 10.5. The van der Waals surface area contributed by atoms with Crippen LogP contribution in [0.3, 0.4) is 0 Å². The van der Waals surface area contributed by atoms with Crippen molar-refractivity contribution in [1.82, 2.24) is 5.32 Å². The van der Waals surface area contributed by atoms with Crippen molar-refractivity contribution in [3.05, 3.63) is 35.6 Å². The van der Waals surface area contributed by atoms with E-state index in [1.165, 1.54) is 17.0 Å². The lowest BCUT2D eigenvalue weighted by atomic mass is 10.2. The van der Waals surface area contributed by atoms with E-state index < -0.39 is 5.82 Å². The minimum atomic E-state index is -0.474. The maximum absolute atomic E-state index is 13.2. The van der Waals surface area contributed by atoms with Crippen LogP contribution in [0.25, 0.3) is 0 Å². The SMILES string of the molecule is C[NH+](C)CCCNC(=O)c1ccccc1F. The molecule has 0 unspecified atom stereocenters. The van der Waals surface area contributed by atoms with Crippen molar-refractivity contribution < 1.29 is 14.1 Å². The van der Waals surface area contributed by atoms with Crippen LogP contribution in [0, 0.1) is 5.82 Å². The van der Waals surface area contributed by atoms with Gasteiger partial charge in [0.05, 0.1) is 26.2 Å². The molecule has 0 heterocycles. The van der Waals surface area contributed by atoms with Gasteiger partial charge in [0.25, 0.3) is 5.91 Å². The molecule has 16 heavy (non-hydrogen) atoms. The van der Waals surface area contributed by atoms with E-state index >= 15 is 0 Å². The fourth-order valence-electron chi connectivity index (χ4n) is 1.38. The number of nitrogens with one attached hydrogen (secondary N) is 2. The third kappa shape index (κ3) is 3.98. The van der Waals surface area contributed by atoms with Crippen molar-refractivity contribution >= 4 is 5.91 Å². The second-order valence-corrected chi connectivity index (χ2v) is 4.05. The van der Waals surface area contributed by atoms with Crippen molar-refractivity contribution in [3.8, 4) is 0 Å². The Labute approximate surface area is 95.3 Å². The zero-order valence-electron chi connectivity index (χ0n) is 9.72. The molecule has 0 aromatic heterocycles. The molecule has 0 aliphatic carbocycles. The molecule has 4 heteroatoms. The lowest BCUT2D eigenvalue weighted by Crippen LogP contribution is -3.05. The molecule has 0 radical (unpaired) electrons. The van der Waals surface area contributed by atoms with Gasteiger partial charge < -0.3 is 10.2 Å². The van der Waals surface area contributed by atoms with Crippen LogP contribution in [-0.4, -0.2) is 33.1 Å². The molecule has 0 aliphatic rings. The molecule has 0 aliphatic heterocycles. The Morgan fingerprint density at radius 3 is 2.69 bits per heavy atom. The summed E-state index contributed by atoms with van der Waals surface area (Å²) in [6.45, 7) is 1.57. The topological polar surface area (TPSA) is 33.5 Å². The summed E-state index contributed by atoms with van der Waals surface area (Å²) in [5.41, 5.74) is 0.111. The maximum atomic E-state index is 13.2. The first kappa shape index (κ1) is 12.6. The van der Waals surface area contributed by atoms with Gasteiger partial charge in [0, 0.05) is 13.0 Å². The average Bonchev–Trinajstić information content (AvgIpc) is 2.24. The molecule has 1 aromatic rings. The molecule has 0 saturated heterocycles. The fraction of sp³-hybridized carbons (Fsp3) is 0.417. The van der Waals surface area contributed by atoms with Crippen LogP contribution in [0.2, 0.25) is 0 Å². The zero-order chi connectivity index (χ0) is 12.0. The van der Waals surface area contributed by atoms with E-state index in [2.05, 4.69) is 19.4 Å². The van der Waals surface area contributed by atoms with Crippen molar-refractivity contribution in [2.24, 2.45) is 0 Å². The van der Waals surface area contributed by atoms with E-state index in [0.29, 0.717) is 6.54 Å². The van der Waals surface area contributed by atoms with Crippen molar-refractivity contribution in [2.75, 3.05) is 27.2 Å². The maximum Gasteiger partial charge on any atom is 0.254 e. The summed E-state index contributed by atoms with van der Waals surface area (Å²) >= 11 is 0. The Morgan fingerprint density at radius 1 is 1.38 bits per heavy atom. The van der Waals surface area contributed by atoms with Gasteiger partial charge in [-0.15, -0.1) is 0 Å². The van der Waals surface area contributed by atoms with Crippen LogP contribution in [-0.2, 0) is 0 Å². The zero-order valence-corrected chi connectivity index (χ0v) is 9.72. The van der Waals surface area contributed by atoms with E-state index in [4.69, 9.17) is 0 Å². The van der Waals surface area contributed by atoms with Gasteiger partial charge in [0.1, 0.15) is 5.82 Å². The molecule has 88 valence electrons. The first-order valence-electron chi connectivity index (χ1n) is 5.43. The summed E-state index contributed by atoms with van der Waals surface area (Å²) in [6.07, 6.45) is 0.891. The number of quaternary nitrogens is 1. The van der Waals surface area contributed by atoms with Gasteiger partial charge in [0.2, 0.25) is 0 Å². The number of carbonyl (C=O) groups excluding carboxylic acids is 1. The molecule has 0 fully saturated rings. The van der Waals surface area contributed by atoms with Gasteiger partial charge in [-0.2, -0.15) is 0 Å². The number of carbonyl (C=O) groups is 1. The number of hydrogen-bond donors (Lipinski definition) is 2. The van der Waals surface area contributed by atoms with Gasteiger partial charge in [-0.1, -0.05) is 12.1 Å².